The summed E-state index contributed by atoms with van der Waals surface area (Å²) in [7, 11) is -3.77. The van der Waals surface area contributed by atoms with Crippen LogP contribution in [0.2, 0.25) is 0 Å². The van der Waals surface area contributed by atoms with E-state index in [0.29, 0.717) is 0 Å². The van der Waals surface area contributed by atoms with E-state index in [1.807, 2.05) is 0 Å². The largest absolute Gasteiger partial charge is 0.465 e. The molecule has 1 rings (SSSR count). The molecule has 124 valence electrons. The smallest absolute Gasteiger partial charge is 0.327 e. The van der Waals surface area contributed by atoms with Crippen molar-refractivity contribution in [3.05, 3.63) is 32.0 Å². The van der Waals surface area contributed by atoms with Gasteiger partial charge in [-0.05, 0) is 42.9 Å². The van der Waals surface area contributed by atoms with Crippen LogP contribution in [0.15, 0.2) is 17.1 Å². The number of hydrogen-bond acceptors (Lipinski definition) is 5. The van der Waals surface area contributed by atoms with Crippen molar-refractivity contribution in [2.75, 3.05) is 12.9 Å². The molecule has 0 saturated carbocycles. The lowest BCUT2D eigenvalue weighted by Crippen LogP contribution is -2.45. The summed E-state index contributed by atoms with van der Waals surface area (Å²) in [5.74, 6) is -1.46. The maximum atomic E-state index is 13.5. The molecule has 0 aromatic carbocycles. The molecule has 0 bridgehead atoms. The third kappa shape index (κ3) is 4.06. The number of aromatic nitrogens is 1. The molecule has 0 aliphatic carbocycles. The van der Waals surface area contributed by atoms with Gasteiger partial charge in [0.25, 0.3) is 5.56 Å². The van der Waals surface area contributed by atoms with Crippen molar-refractivity contribution in [3.8, 4) is 0 Å². The summed E-state index contributed by atoms with van der Waals surface area (Å²) < 4.78 is 41.6. The highest BCUT2D eigenvalue weighted by Crippen LogP contribution is 2.23. The van der Waals surface area contributed by atoms with Gasteiger partial charge in [-0.25, -0.2) is 12.8 Å². The first-order valence-electron chi connectivity index (χ1n) is 6.45. The molecule has 1 aromatic heterocycles. The molecule has 1 unspecified atom stereocenters. The Morgan fingerprint density at radius 1 is 1.50 bits per heavy atom. The van der Waals surface area contributed by atoms with Crippen molar-refractivity contribution in [1.82, 2.24) is 4.57 Å². The maximum absolute atomic E-state index is 13.5. The molecule has 0 aliphatic rings. The highest BCUT2D eigenvalue weighted by atomic mass is 127. The van der Waals surface area contributed by atoms with E-state index in [1.165, 1.54) is 6.92 Å². The number of aryl methyl sites for hydroxylation is 1. The summed E-state index contributed by atoms with van der Waals surface area (Å²) >= 11 is 1.69. The van der Waals surface area contributed by atoms with Crippen molar-refractivity contribution in [2.24, 2.45) is 0 Å². The molecule has 0 fully saturated rings. The number of rotatable bonds is 6. The van der Waals surface area contributed by atoms with E-state index in [9.17, 15) is 22.4 Å². The molecule has 0 spiro atoms. The van der Waals surface area contributed by atoms with E-state index in [4.69, 9.17) is 4.74 Å². The molecule has 1 atom stereocenters. The minimum atomic E-state index is -3.77. The summed E-state index contributed by atoms with van der Waals surface area (Å²) in [6, 6.07) is 1.11. The molecular weight excluding hydrogens is 428 g/mol. The van der Waals surface area contributed by atoms with Crippen LogP contribution in [-0.4, -0.2) is 36.6 Å². The number of sulfone groups is 1. The Hall–Kier alpha value is -0.970. The molecular formula is C13H17FINO5S. The second-order valence-corrected chi connectivity index (χ2v) is 8.58. The van der Waals surface area contributed by atoms with Gasteiger partial charge in [-0.1, -0.05) is 0 Å². The van der Waals surface area contributed by atoms with E-state index < -0.39 is 31.9 Å². The van der Waals surface area contributed by atoms with Crippen LogP contribution in [0.5, 0.6) is 0 Å². The van der Waals surface area contributed by atoms with Gasteiger partial charge in [0.15, 0.2) is 20.4 Å². The number of nitrogens with zero attached hydrogens (tertiary/aromatic N) is 1. The van der Waals surface area contributed by atoms with E-state index >= 15 is 0 Å². The lowest BCUT2D eigenvalue weighted by molar-refractivity contribution is -0.146. The van der Waals surface area contributed by atoms with Gasteiger partial charge in [-0.15, -0.1) is 0 Å². The Bertz CT molecular complexity index is 730. The van der Waals surface area contributed by atoms with Crippen LogP contribution < -0.4 is 5.56 Å². The zero-order chi connectivity index (χ0) is 17.1. The normalized spacial score (nSPS) is 14.4. The first kappa shape index (κ1) is 19.1. The van der Waals surface area contributed by atoms with E-state index in [0.717, 1.165) is 23.1 Å². The summed E-state index contributed by atoms with van der Waals surface area (Å²) in [6.45, 7) is 2.74. The molecule has 9 heteroatoms. The van der Waals surface area contributed by atoms with Crippen molar-refractivity contribution in [3.63, 3.8) is 0 Å². The van der Waals surface area contributed by atoms with Crippen molar-refractivity contribution in [1.29, 1.82) is 0 Å². The van der Waals surface area contributed by atoms with E-state index in [1.54, 1.807) is 29.5 Å². The van der Waals surface area contributed by atoms with Crippen molar-refractivity contribution in [2.45, 2.75) is 31.6 Å². The number of carbonyl (C=O) groups is 1. The highest BCUT2D eigenvalue weighted by Gasteiger charge is 2.44. The van der Waals surface area contributed by atoms with Gasteiger partial charge in [-0.3, -0.25) is 9.59 Å². The number of carbonyl (C=O) groups excluding carboxylic acids is 1. The number of esters is 1. The van der Waals surface area contributed by atoms with Crippen LogP contribution in [0.25, 0.3) is 0 Å². The highest BCUT2D eigenvalue weighted by molar-refractivity contribution is 14.1. The number of pyridine rings is 1. The van der Waals surface area contributed by atoms with Gasteiger partial charge in [0, 0.05) is 25.1 Å². The Balaban J connectivity index is 3.11. The zero-order valence-electron chi connectivity index (χ0n) is 12.4. The maximum Gasteiger partial charge on any atom is 0.327 e. The minimum Gasteiger partial charge on any atom is -0.465 e. The third-order valence-corrected chi connectivity index (χ3v) is 6.22. The van der Waals surface area contributed by atoms with Gasteiger partial charge in [0.05, 0.1) is 10.2 Å². The van der Waals surface area contributed by atoms with Crippen LogP contribution >= 0.6 is 22.6 Å². The predicted molar refractivity (Wildman–Crippen MR) is 87.9 cm³/mol. The van der Waals surface area contributed by atoms with Gasteiger partial charge < -0.3 is 9.30 Å². The van der Waals surface area contributed by atoms with Gasteiger partial charge in [-0.2, -0.15) is 0 Å². The summed E-state index contributed by atoms with van der Waals surface area (Å²) in [4.78, 5) is 23.8. The van der Waals surface area contributed by atoms with E-state index in [2.05, 4.69) is 0 Å². The molecule has 0 radical (unpaired) electrons. The predicted octanol–water partition coefficient (Wildman–Crippen LogP) is 1.35. The van der Waals surface area contributed by atoms with E-state index in [-0.39, 0.29) is 23.1 Å². The van der Waals surface area contributed by atoms with Gasteiger partial charge >= 0.3 is 5.97 Å². The molecule has 0 saturated heterocycles. The van der Waals surface area contributed by atoms with Crippen LogP contribution in [0.3, 0.4) is 0 Å². The molecule has 1 aromatic rings. The Kier molecular flexibility index (Phi) is 6.13. The minimum absolute atomic E-state index is 0.0437. The third-order valence-electron chi connectivity index (χ3n) is 3.39. The van der Waals surface area contributed by atoms with Crippen LogP contribution in [-0.2, 0) is 25.9 Å². The molecule has 0 aliphatic heterocycles. The topological polar surface area (TPSA) is 82.4 Å². The molecule has 0 amide bonds. The fourth-order valence-electron chi connectivity index (χ4n) is 1.75. The van der Waals surface area contributed by atoms with Crippen LogP contribution in [0, 0.1) is 9.39 Å². The fourth-order valence-corrected chi connectivity index (χ4v) is 2.98. The quantitative estimate of drug-likeness (QED) is 0.488. The number of ether oxygens (including phenoxy) is 1. The van der Waals surface area contributed by atoms with Crippen molar-refractivity contribution < 1.29 is 22.3 Å². The first-order valence-corrected chi connectivity index (χ1v) is 9.42. The summed E-state index contributed by atoms with van der Waals surface area (Å²) in [5, 5.41) is 0. The zero-order valence-corrected chi connectivity index (χ0v) is 15.4. The van der Waals surface area contributed by atoms with Crippen LogP contribution in [0.1, 0.15) is 20.3 Å². The Labute approximate surface area is 141 Å². The molecule has 0 N–H and O–H groups in total. The molecule has 22 heavy (non-hydrogen) atoms. The van der Waals surface area contributed by atoms with Crippen LogP contribution in [0.4, 0.5) is 4.39 Å². The average molecular weight is 445 g/mol. The van der Waals surface area contributed by atoms with Gasteiger partial charge in [0.2, 0.25) is 0 Å². The average Bonchev–Trinajstić information content (AvgIpc) is 2.40. The number of halogens is 2. The van der Waals surface area contributed by atoms with Crippen molar-refractivity contribution >= 4 is 38.4 Å². The Morgan fingerprint density at radius 2 is 2.09 bits per heavy atom. The second kappa shape index (κ2) is 7.07. The summed E-state index contributed by atoms with van der Waals surface area (Å²) in [6.07, 6.45) is 1.74. The Morgan fingerprint density at radius 3 is 2.59 bits per heavy atom. The lowest BCUT2D eigenvalue weighted by Gasteiger charge is -2.25. The first-order chi connectivity index (χ1) is 10.0. The second-order valence-electron chi connectivity index (χ2n) is 4.97. The number of hydrogen-bond donors (Lipinski definition) is 0. The molecule has 1 heterocycles. The monoisotopic (exact) mass is 445 g/mol. The SMILES string of the molecule is CCOC(=O)C(C)(CCn1cc(F)c(I)cc1=O)S(C)(=O)=O. The molecule has 6 nitrogen and oxygen atoms in total. The summed E-state index contributed by atoms with van der Waals surface area (Å²) in [5.41, 5.74) is -0.467. The lowest BCUT2D eigenvalue weighted by atomic mass is 10.1. The van der Waals surface area contributed by atoms with Gasteiger partial charge in [0.1, 0.15) is 0 Å². The fraction of sp³-hybridized carbons (Fsp3) is 0.538. The standard InChI is InChI=1S/C13H17FINO5S/c1-4-21-12(18)13(2,22(3,19)20)5-6-16-8-9(14)10(15)7-11(16)17/h7-8H,4-6H2,1-3H3.